The number of anilines is 1. The summed E-state index contributed by atoms with van der Waals surface area (Å²) in [7, 11) is 0. The van der Waals surface area contributed by atoms with Gasteiger partial charge >= 0.3 is 0 Å². The van der Waals surface area contributed by atoms with Gasteiger partial charge in [0.25, 0.3) is 0 Å². The van der Waals surface area contributed by atoms with Crippen molar-refractivity contribution in [3.05, 3.63) is 29.7 Å². The van der Waals surface area contributed by atoms with Gasteiger partial charge in [-0.05, 0) is 19.8 Å². The van der Waals surface area contributed by atoms with Gasteiger partial charge in [0.2, 0.25) is 0 Å². The molecular formula is C13H19N5. The van der Waals surface area contributed by atoms with Crippen LogP contribution in [0.15, 0.2) is 18.6 Å². The zero-order valence-corrected chi connectivity index (χ0v) is 10.9. The van der Waals surface area contributed by atoms with E-state index in [0.29, 0.717) is 6.04 Å². The van der Waals surface area contributed by atoms with Crippen LogP contribution in [0.4, 0.5) is 5.82 Å². The number of nitrogens with one attached hydrogen (secondary N) is 1. The van der Waals surface area contributed by atoms with E-state index in [4.69, 9.17) is 0 Å². The maximum atomic E-state index is 4.54. The fourth-order valence-corrected chi connectivity index (χ4v) is 2.57. The first-order valence-corrected chi connectivity index (χ1v) is 6.66. The second kappa shape index (κ2) is 4.48. The Morgan fingerprint density at radius 3 is 2.94 bits per heavy atom. The number of hydrogen-bond donors (Lipinski definition) is 1. The van der Waals surface area contributed by atoms with Gasteiger partial charge in [-0.1, -0.05) is 6.92 Å². The highest BCUT2D eigenvalue weighted by Gasteiger charge is 2.24. The summed E-state index contributed by atoms with van der Waals surface area (Å²) in [6.45, 7) is 6.18. The minimum Gasteiger partial charge on any atom is -0.370 e. The monoisotopic (exact) mass is 245 g/mol. The summed E-state index contributed by atoms with van der Waals surface area (Å²) in [4.78, 5) is 0. The predicted molar refractivity (Wildman–Crippen MR) is 70.8 cm³/mol. The Morgan fingerprint density at radius 1 is 1.33 bits per heavy atom. The lowest BCUT2D eigenvalue weighted by Crippen LogP contribution is -2.24. The fraction of sp³-hybridized carbons (Fsp3) is 0.538. The van der Waals surface area contributed by atoms with Gasteiger partial charge < -0.3 is 5.32 Å². The van der Waals surface area contributed by atoms with E-state index < -0.39 is 0 Å². The quantitative estimate of drug-likeness (QED) is 0.900. The third kappa shape index (κ3) is 1.70. The molecule has 0 radical (unpaired) electrons. The molecule has 3 heterocycles. The zero-order valence-electron chi connectivity index (χ0n) is 10.9. The number of aryl methyl sites for hydroxylation is 2. The molecule has 0 aliphatic carbocycles. The highest BCUT2D eigenvalue weighted by molar-refractivity contribution is 5.46. The molecule has 2 aromatic rings. The standard InChI is InChI=1S/C13H19N5/c1-3-10-7-16-18-12(5-6-14-13(10)18)11-8-15-17(4-2)9-11/h7-9,12,14H,3-6H2,1-2H3. The molecule has 0 saturated carbocycles. The summed E-state index contributed by atoms with van der Waals surface area (Å²) in [5, 5.41) is 12.4. The Hall–Kier alpha value is -1.78. The van der Waals surface area contributed by atoms with Crippen molar-refractivity contribution >= 4 is 5.82 Å². The van der Waals surface area contributed by atoms with Gasteiger partial charge in [-0.3, -0.25) is 4.68 Å². The molecule has 1 unspecified atom stereocenters. The third-order valence-corrected chi connectivity index (χ3v) is 3.62. The van der Waals surface area contributed by atoms with Crippen LogP contribution in [0.3, 0.4) is 0 Å². The van der Waals surface area contributed by atoms with Gasteiger partial charge in [0, 0.05) is 30.4 Å². The van der Waals surface area contributed by atoms with Crippen LogP contribution in [0.1, 0.15) is 37.4 Å². The topological polar surface area (TPSA) is 47.7 Å². The van der Waals surface area contributed by atoms with Crippen molar-refractivity contribution < 1.29 is 0 Å². The van der Waals surface area contributed by atoms with E-state index in [1.807, 2.05) is 17.1 Å². The normalized spacial score (nSPS) is 18.4. The van der Waals surface area contributed by atoms with Crippen molar-refractivity contribution in [1.82, 2.24) is 19.6 Å². The van der Waals surface area contributed by atoms with E-state index in [1.165, 1.54) is 16.9 Å². The van der Waals surface area contributed by atoms with Crippen molar-refractivity contribution in [2.75, 3.05) is 11.9 Å². The lowest BCUT2D eigenvalue weighted by Gasteiger charge is -2.25. The average Bonchev–Trinajstić information content (AvgIpc) is 3.04. The minimum atomic E-state index is 0.321. The van der Waals surface area contributed by atoms with Gasteiger partial charge in [-0.15, -0.1) is 0 Å². The van der Waals surface area contributed by atoms with Crippen LogP contribution >= 0.6 is 0 Å². The van der Waals surface area contributed by atoms with Gasteiger partial charge in [-0.2, -0.15) is 10.2 Å². The van der Waals surface area contributed by atoms with E-state index in [1.54, 1.807) is 0 Å². The molecule has 1 atom stereocenters. The molecule has 0 fully saturated rings. The van der Waals surface area contributed by atoms with Gasteiger partial charge in [-0.25, -0.2) is 4.68 Å². The van der Waals surface area contributed by atoms with Crippen LogP contribution in [0.5, 0.6) is 0 Å². The Morgan fingerprint density at radius 2 is 2.22 bits per heavy atom. The highest BCUT2D eigenvalue weighted by atomic mass is 15.4. The van der Waals surface area contributed by atoms with Gasteiger partial charge in [0.1, 0.15) is 5.82 Å². The molecular weight excluding hydrogens is 226 g/mol. The van der Waals surface area contributed by atoms with Crippen LogP contribution < -0.4 is 5.32 Å². The van der Waals surface area contributed by atoms with E-state index in [9.17, 15) is 0 Å². The Labute approximate surface area is 107 Å². The molecule has 18 heavy (non-hydrogen) atoms. The molecule has 0 spiro atoms. The maximum absolute atomic E-state index is 4.54. The summed E-state index contributed by atoms with van der Waals surface area (Å²) in [6.07, 6.45) is 8.16. The molecule has 1 aliphatic rings. The lowest BCUT2D eigenvalue weighted by atomic mass is 10.1. The molecule has 1 aliphatic heterocycles. The number of aromatic nitrogens is 4. The van der Waals surface area contributed by atoms with Crippen LogP contribution in [-0.4, -0.2) is 26.1 Å². The summed E-state index contributed by atoms with van der Waals surface area (Å²) in [6, 6.07) is 0.321. The SMILES string of the molecule is CCc1cnn2c1NCCC2c1cnn(CC)c1. The van der Waals surface area contributed by atoms with Crippen molar-refractivity contribution in [3.63, 3.8) is 0 Å². The first-order chi connectivity index (χ1) is 8.83. The smallest absolute Gasteiger partial charge is 0.128 e. The Bertz CT molecular complexity index is 539. The molecule has 1 N–H and O–H groups in total. The second-order valence-electron chi connectivity index (χ2n) is 4.68. The van der Waals surface area contributed by atoms with Gasteiger partial charge in [0.05, 0.1) is 18.4 Å². The Kier molecular flexibility index (Phi) is 2.81. The number of hydrogen-bond acceptors (Lipinski definition) is 3. The molecule has 3 rings (SSSR count). The third-order valence-electron chi connectivity index (χ3n) is 3.62. The molecule has 0 amide bonds. The average molecular weight is 245 g/mol. The fourth-order valence-electron chi connectivity index (χ4n) is 2.57. The minimum absolute atomic E-state index is 0.321. The number of nitrogens with zero attached hydrogens (tertiary/aromatic N) is 4. The lowest BCUT2D eigenvalue weighted by molar-refractivity contribution is 0.481. The van der Waals surface area contributed by atoms with E-state index in [2.05, 4.69) is 40.2 Å². The molecule has 0 saturated heterocycles. The van der Waals surface area contributed by atoms with E-state index in [-0.39, 0.29) is 0 Å². The molecule has 5 heteroatoms. The maximum Gasteiger partial charge on any atom is 0.128 e. The van der Waals surface area contributed by atoms with Crippen LogP contribution in [0, 0.1) is 0 Å². The summed E-state index contributed by atoms with van der Waals surface area (Å²) < 4.78 is 4.08. The van der Waals surface area contributed by atoms with Crippen molar-refractivity contribution in [3.8, 4) is 0 Å². The zero-order chi connectivity index (χ0) is 12.5. The highest BCUT2D eigenvalue weighted by Crippen LogP contribution is 2.31. The summed E-state index contributed by atoms with van der Waals surface area (Å²) >= 11 is 0. The second-order valence-corrected chi connectivity index (χ2v) is 4.68. The summed E-state index contributed by atoms with van der Waals surface area (Å²) in [5.41, 5.74) is 2.55. The molecule has 2 aromatic heterocycles. The van der Waals surface area contributed by atoms with Crippen LogP contribution in [-0.2, 0) is 13.0 Å². The molecule has 0 aromatic carbocycles. The molecule has 5 nitrogen and oxygen atoms in total. The largest absolute Gasteiger partial charge is 0.370 e. The van der Waals surface area contributed by atoms with Crippen molar-refractivity contribution in [2.24, 2.45) is 0 Å². The predicted octanol–water partition coefficient (Wildman–Crippen LogP) is 2.07. The van der Waals surface area contributed by atoms with E-state index >= 15 is 0 Å². The Balaban J connectivity index is 1.98. The molecule has 96 valence electrons. The van der Waals surface area contributed by atoms with Crippen LogP contribution in [0.25, 0.3) is 0 Å². The first kappa shape index (κ1) is 11.3. The van der Waals surface area contributed by atoms with Crippen molar-refractivity contribution in [1.29, 1.82) is 0 Å². The van der Waals surface area contributed by atoms with Crippen molar-refractivity contribution in [2.45, 2.75) is 39.3 Å². The summed E-state index contributed by atoms with van der Waals surface area (Å²) in [5.74, 6) is 1.18. The number of rotatable bonds is 3. The number of fused-ring (bicyclic) bond motifs is 1. The first-order valence-electron chi connectivity index (χ1n) is 6.66. The van der Waals surface area contributed by atoms with E-state index in [0.717, 1.165) is 25.9 Å². The van der Waals surface area contributed by atoms with Gasteiger partial charge in [0.15, 0.2) is 0 Å². The van der Waals surface area contributed by atoms with Crippen LogP contribution in [0.2, 0.25) is 0 Å². The molecule has 0 bridgehead atoms.